The summed E-state index contributed by atoms with van der Waals surface area (Å²) in [6.45, 7) is 2.73. The van der Waals surface area contributed by atoms with Crippen LogP contribution in [0.1, 0.15) is 69.0 Å². The summed E-state index contributed by atoms with van der Waals surface area (Å²) in [5.74, 6) is 4.28. The molecule has 6 N–H and O–H groups in total. The van der Waals surface area contributed by atoms with E-state index < -0.39 is 43.7 Å². The van der Waals surface area contributed by atoms with Crippen molar-refractivity contribution in [2.45, 2.75) is 95.4 Å². The van der Waals surface area contributed by atoms with Crippen molar-refractivity contribution in [3.8, 4) is 34.2 Å². The van der Waals surface area contributed by atoms with Crippen LogP contribution in [0.4, 0.5) is 39.4 Å². The highest BCUT2D eigenvalue weighted by Gasteiger charge is 2.51. The van der Waals surface area contributed by atoms with Crippen LogP contribution in [-0.2, 0) is 14.4 Å². The van der Waals surface area contributed by atoms with Crippen molar-refractivity contribution in [1.29, 1.82) is 0 Å². The SMILES string of the molecule is CCNC(=O)[C@H]1[C@@H]2CCC[C@@H]2CN1c1ccnc(-c2c[nH]c3ncc(Cl)cc23)n1.O=C(NCC(F)(F)F)[C@H]1[C@@H]2CCC[C@@H]2CN1c1ccnc(-c2c[nH]c3ncc(Cl)cc23)n1.O=C(NCC(F)F)[C@H]1[C@@H]2CCC[C@@H]2CN1c1ccnc(-c2c[nH]c3ncc(Cl)cc23)n1.[HH].[HH].[HH]. The monoisotopic (exact) mass is 1330 g/mol. The third kappa shape index (κ3) is 12.8. The van der Waals surface area contributed by atoms with E-state index in [2.05, 4.69) is 70.7 Å². The second-order valence-corrected chi connectivity index (χ2v) is 25.5. The fourth-order valence-electron chi connectivity index (χ4n) is 14.9. The summed E-state index contributed by atoms with van der Waals surface area (Å²) in [6.07, 6.45) is 17.3. The molecule has 6 fully saturated rings. The van der Waals surface area contributed by atoms with Gasteiger partial charge in [-0.25, -0.2) is 53.6 Å². The lowest BCUT2D eigenvalue weighted by molar-refractivity contribution is -0.139. The molecule has 0 radical (unpaired) electrons. The van der Waals surface area contributed by atoms with Crippen molar-refractivity contribution in [2.24, 2.45) is 35.5 Å². The van der Waals surface area contributed by atoms with Gasteiger partial charge in [-0.15, -0.1) is 0 Å². The Morgan fingerprint density at radius 1 is 0.543 bits per heavy atom. The molecule has 0 bridgehead atoms. The van der Waals surface area contributed by atoms with Gasteiger partial charge in [-0.2, -0.15) is 13.2 Å². The first-order valence-electron chi connectivity index (χ1n) is 30.8. The van der Waals surface area contributed by atoms with Gasteiger partial charge in [0.1, 0.15) is 59.1 Å². The maximum Gasteiger partial charge on any atom is 0.405 e. The molecular formula is C63H70Cl3F5N18O3. The molecular weight excluding hydrogens is 1260 g/mol. The van der Waals surface area contributed by atoms with Crippen LogP contribution in [0.5, 0.6) is 0 Å². The second kappa shape index (κ2) is 26.3. The number of anilines is 3. The number of rotatable bonds is 13. The summed E-state index contributed by atoms with van der Waals surface area (Å²) >= 11 is 18.3. The predicted molar refractivity (Wildman–Crippen MR) is 345 cm³/mol. The highest BCUT2D eigenvalue weighted by atomic mass is 35.5. The molecule has 3 saturated carbocycles. The molecule has 0 spiro atoms. The zero-order valence-corrected chi connectivity index (χ0v) is 51.9. The van der Waals surface area contributed by atoms with Gasteiger partial charge in [-0.1, -0.05) is 54.1 Å². The molecule has 15 rings (SSSR count). The second-order valence-electron chi connectivity index (χ2n) is 24.2. The van der Waals surface area contributed by atoms with E-state index in [9.17, 15) is 36.3 Å². The molecule has 12 heterocycles. The fraction of sp³-hybridized carbons (Fsp3) is 0.429. The molecule has 486 valence electrons. The molecule has 9 aromatic heterocycles. The van der Waals surface area contributed by atoms with Crippen molar-refractivity contribution in [2.75, 3.05) is 54.0 Å². The smallest absolute Gasteiger partial charge is 0.355 e. The number of H-pyrrole nitrogens is 3. The Bertz CT molecular complexity index is 4210. The molecule has 29 heteroatoms. The average Bonchev–Trinajstić information content (AvgIpc) is 1.62. The Morgan fingerprint density at radius 3 is 1.23 bits per heavy atom. The lowest BCUT2D eigenvalue weighted by Gasteiger charge is -2.28. The third-order valence-corrected chi connectivity index (χ3v) is 19.4. The Balaban J connectivity index is 0.000000153. The molecule has 3 aliphatic heterocycles. The minimum absolute atomic E-state index is 0. The summed E-state index contributed by atoms with van der Waals surface area (Å²) in [6, 6.07) is 9.42. The van der Waals surface area contributed by atoms with Gasteiger partial charge in [0.15, 0.2) is 17.5 Å². The lowest BCUT2D eigenvalue weighted by atomic mass is 9.93. The van der Waals surface area contributed by atoms with Crippen LogP contribution in [0.3, 0.4) is 0 Å². The van der Waals surface area contributed by atoms with Crippen molar-refractivity contribution < 1.29 is 40.6 Å². The number of hydrogen-bond acceptors (Lipinski definition) is 15. The standard InChI is InChI=1S/C21H20ClF3N6O.C21H21ClF2N6O.C21H23ClN6O.3H2/c22-12-6-14-15(8-28-18(14)27-7-12)19-26-5-4-16(30-19)31-9-11-2-1-3-13(11)17(31)20(32)29-10-21(23,24)25;22-12-6-14-15(8-27-19(14)26-7-12)20-25-5-4-17(29-20)30-10-11-2-1-3-13(11)18(30)21(31)28-9-16(23)24;1-2-23-21(29)18-14-5-3-4-12(14)11-28(18)17-6-7-24-20(27-17)16-10-26-19-15(16)8-13(22)9-25-19;;;/h4-8,11,13,17H,1-3,9-10H2,(H,27,28)(H,29,32);4-8,11,13,16,18H,1-3,9-10H2,(H,26,27)(H,28,31);6-10,12,14,18H,2-5,11H2,1H3,(H,23,29)(H,25,26);3*1H/t11-,13-,17-;11-,13-,18-;12-,14-,18-;;;/m111.../s1. The van der Waals surface area contributed by atoms with Gasteiger partial charge >= 0.3 is 6.18 Å². The van der Waals surface area contributed by atoms with Gasteiger partial charge in [0.25, 0.3) is 6.43 Å². The first-order chi connectivity index (χ1) is 44.5. The number of likely N-dealkylation sites (N-methyl/N-ethyl adjacent to an activating group) is 1. The first kappa shape index (κ1) is 62.4. The summed E-state index contributed by atoms with van der Waals surface area (Å²) in [5.41, 5.74) is 4.37. The molecule has 0 aromatic carbocycles. The maximum absolute atomic E-state index is 12.9. The number of halogens is 8. The van der Waals surface area contributed by atoms with E-state index in [1.165, 1.54) is 19.0 Å². The zero-order chi connectivity index (χ0) is 63.9. The lowest BCUT2D eigenvalue weighted by Crippen LogP contribution is -2.48. The van der Waals surface area contributed by atoms with Gasteiger partial charge in [0, 0.05) is 119 Å². The molecule has 3 aliphatic carbocycles. The number of amides is 3. The number of carbonyl (C=O) groups is 3. The third-order valence-electron chi connectivity index (χ3n) is 18.7. The van der Waals surface area contributed by atoms with Gasteiger partial charge in [0.2, 0.25) is 17.7 Å². The molecule has 92 heavy (non-hydrogen) atoms. The molecule has 6 aliphatic rings. The Kier molecular flexibility index (Phi) is 17.9. The van der Waals surface area contributed by atoms with E-state index in [4.69, 9.17) is 44.8 Å². The van der Waals surface area contributed by atoms with E-state index in [0.717, 1.165) is 90.2 Å². The van der Waals surface area contributed by atoms with Crippen molar-refractivity contribution in [1.82, 2.24) is 75.8 Å². The van der Waals surface area contributed by atoms with Gasteiger partial charge in [-0.3, -0.25) is 14.4 Å². The minimum Gasteiger partial charge on any atom is -0.355 e. The Hall–Kier alpha value is -8.36. The molecule has 3 amide bonds. The topological polar surface area (TPSA) is 260 Å². The highest BCUT2D eigenvalue weighted by molar-refractivity contribution is 6.32. The number of pyridine rings is 3. The number of aromatic amines is 3. The number of hydrogen-bond donors (Lipinski definition) is 6. The Morgan fingerprint density at radius 2 is 0.891 bits per heavy atom. The van der Waals surface area contributed by atoms with Crippen LogP contribution >= 0.6 is 34.8 Å². The van der Waals surface area contributed by atoms with Gasteiger partial charge in [-0.05, 0) is 117 Å². The summed E-state index contributed by atoms with van der Waals surface area (Å²) in [5, 5.41) is 11.5. The number of aromatic nitrogens is 12. The first-order valence-corrected chi connectivity index (χ1v) is 32.0. The number of nitrogens with one attached hydrogen (secondary N) is 6. The number of carbonyl (C=O) groups excluding carboxylic acids is 3. The zero-order valence-electron chi connectivity index (χ0n) is 49.7. The summed E-state index contributed by atoms with van der Waals surface area (Å²) < 4.78 is 63.4. The summed E-state index contributed by atoms with van der Waals surface area (Å²) in [7, 11) is 0. The largest absolute Gasteiger partial charge is 0.405 e. The van der Waals surface area contributed by atoms with Gasteiger partial charge in [0.05, 0.1) is 21.6 Å². The number of fused-ring (bicyclic) bond motifs is 6. The van der Waals surface area contributed by atoms with Crippen LogP contribution in [0.15, 0.2) is 92.2 Å². The van der Waals surface area contributed by atoms with Crippen LogP contribution in [-0.4, -0.2) is 148 Å². The molecule has 3 saturated heterocycles. The molecule has 9 aromatic rings. The molecule has 21 nitrogen and oxygen atoms in total. The predicted octanol–water partition coefficient (Wildman–Crippen LogP) is 11.8. The maximum atomic E-state index is 12.9. The van der Waals surface area contributed by atoms with E-state index in [1.807, 2.05) is 35.1 Å². The number of alkyl halides is 5. The highest BCUT2D eigenvalue weighted by Crippen LogP contribution is 2.47. The van der Waals surface area contributed by atoms with Crippen LogP contribution < -0.4 is 30.7 Å². The Labute approximate surface area is 543 Å². The fourth-order valence-corrected chi connectivity index (χ4v) is 15.4. The quantitative estimate of drug-likeness (QED) is 0.0587. The van der Waals surface area contributed by atoms with Crippen LogP contribution in [0.2, 0.25) is 15.1 Å². The van der Waals surface area contributed by atoms with E-state index >= 15 is 0 Å². The normalized spacial score (nSPS) is 23.2. The average molecular weight is 1330 g/mol. The van der Waals surface area contributed by atoms with Crippen molar-refractivity contribution >= 4 is 103 Å². The van der Waals surface area contributed by atoms with Crippen LogP contribution in [0, 0.1) is 35.5 Å². The van der Waals surface area contributed by atoms with Crippen LogP contribution in [0.25, 0.3) is 67.3 Å². The van der Waals surface area contributed by atoms with Crippen molar-refractivity contribution in [3.05, 3.63) is 107 Å². The molecule has 9 atom stereocenters. The van der Waals surface area contributed by atoms with Crippen molar-refractivity contribution in [3.63, 3.8) is 0 Å². The minimum atomic E-state index is -4.46. The summed E-state index contributed by atoms with van der Waals surface area (Å²) in [4.78, 5) is 94.1. The van der Waals surface area contributed by atoms with Gasteiger partial charge < -0.3 is 45.6 Å². The molecule has 0 unspecified atom stereocenters. The van der Waals surface area contributed by atoms with E-state index in [1.54, 1.807) is 67.6 Å². The van der Waals surface area contributed by atoms with E-state index in [0.29, 0.717) is 98.4 Å². The van der Waals surface area contributed by atoms with E-state index in [-0.39, 0.29) is 39.9 Å². The number of nitrogens with zero attached hydrogens (tertiary/aromatic N) is 12.